The second-order valence-electron chi connectivity index (χ2n) is 7.66. The van der Waals surface area contributed by atoms with Crippen molar-refractivity contribution in [3.8, 4) is 5.75 Å². The molecule has 128 valence electrons. The number of Topliss-reactive ketones (excluding diaryl/α,β-unsaturated/α-hetero) is 1. The molecule has 0 bridgehead atoms. The molecule has 1 fully saturated rings. The van der Waals surface area contributed by atoms with Crippen LogP contribution in [0, 0.1) is 11.7 Å². The van der Waals surface area contributed by atoms with Crippen molar-refractivity contribution in [2.24, 2.45) is 5.92 Å². The van der Waals surface area contributed by atoms with Gasteiger partial charge < -0.3 is 9.64 Å². The largest absolute Gasteiger partial charge is 0.496 e. The number of likely N-dealkylation sites (tertiary alicyclic amines) is 1. The van der Waals surface area contributed by atoms with Gasteiger partial charge in [-0.15, -0.1) is 0 Å². The van der Waals surface area contributed by atoms with Crippen LogP contribution in [-0.2, 0) is 5.41 Å². The lowest BCUT2D eigenvalue weighted by molar-refractivity contribution is 0.0931. The molecule has 1 aromatic carbocycles. The summed E-state index contributed by atoms with van der Waals surface area (Å²) in [5, 5.41) is 0. The molecular weight excluding hydrogens is 293 g/mol. The third kappa shape index (κ3) is 4.31. The lowest BCUT2D eigenvalue weighted by atomic mass is 9.84. The molecule has 0 atom stereocenters. The van der Waals surface area contributed by atoms with Crippen LogP contribution in [0.2, 0.25) is 0 Å². The van der Waals surface area contributed by atoms with E-state index in [-0.39, 0.29) is 16.8 Å². The molecule has 1 saturated heterocycles. The molecule has 0 aromatic heterocycles. The molecule has 1 aliphatic heterocycles. The highest BCUT2D eigenvalue weighted by molar-refractivity contribution is 5.97. The monoisotopic (exact) mass is 321 g/mol. The van der Waals surface area contributed by atoms with E-state index in [1.165, 1.54) is 6.07 Å². The lowest BCUT2D eigenvalue weighted by Gasteiger charge is -2.28. The Balaban J connectivity index is 2.20. The number of methoxy groups -OCH3 is 1. The zero-order chi connectivity index (χ0) is 17.2. The fraction of sp³-hybridized carbons (Fsp3) is 0.632. The highest BCUT2D eigenvalue weighted by Gasteiger charge is 2.26. The minimum absolute atomic E-state index is 0.115. The first-order chi connectivity index (χ1) is 10.7. The molecule has 0 radical (unpaired) electrons. The van der Waals surface area contributed by atoms with E-state index < -0.39 is 5.82 Å². The normalized spacial score (nSPS) is 17.3. The van der Waals surface area contributed by atoms with Gasteiger partial charge in [-0.25, -0.2) is 4.39 Å². The Morgan fingerprint density at radius 3 is 2.43 bits per heavy atom. The van der Waals surface area contributed by atoms with E-state index in [0.29, 0.717) is 18.1 Å². The van der Waals surface area contributed by atoms with Crippen LogP contribution in [-0.4, -0.2) is 37.9 Å². The first-order valence-electron chi connectivity index (χ1n) is 8.32. The first kappa shape index (κ1) is 17.9. The fourth-order valence-corrected chi connectivity index (χ4v) is 3.16. The molecular formula is C19H28FNO2. The fourth-order valence-electron chi connectivity index (χ4n) is 3.16. The standard InChI is InChI=1S/C19H28FNO2/c1-19(2,3)15-12-16(20)14(11-18(15)23-5)17(22)10-13-6-8-21(4)9-7-13/h11-13H,6-10H2,1-5H3. The molecule has 0 unspecified atom stereocenters. The zero-order valence-corrected chi connectivity index (χ0v) is 14.9. The van der Waals surface area contributed by atoms with Crippen LogP contribution in [0.4, 0.5) is 4.39 Å². The van der Waals surface area contributed by atoms with Crippen molar-refractivity contribution in [3.63, 3.8) is 0 Å². The Bertz CT molecular complexity index is 569. The minimum Gasteiger partial charge on any atom is -0.496 e. The molecule has 0 aliphatic carbocycles. The number of hydrogen-bond donors (Lipinski definition) is 0. The maximum Gasteiger partial charge on any atom is 0.166 e. The van der Waals surface area contributed by atoms with E-state index in [1.54, 1.807) is 13.2 Å². The van der Waals surface area contributed by atoms with E-state index in [0.717, 1.165) is 31.5 Å². The number of ether oxygens (including phenoxy) is 1. The molecule has 0 saturated carbocycles. The Morgan fingerprint density at radius 1 is 1.30 bits per heavy atom. The van der Waals surface area contributed by atoms with Crippen LogP contribution >= 0.6 is 0 Å². The summed E-state index contributed by atoms with van der Waals surface area (Å²) in [6.45, 7) is 8.03. The number of hydrogen-bond acceptors (Lipinski definition) is 3. The molecule has 0 amide bonds. The van der Waals surface area contributed by atoms with Gasteiger partial charge in [0.1, 0.15) is 11.6 Å². The number of carbonyl (C=O) groups excluding carboxylic acids is 1. The molecule has 0 spiro atoms. The van der Waals surface area contributed by atoms with Crippen molar-refractivity contribution in [3.05, 3.63) is 29.1 Å². The quantitative estimate of drug-likeness (QED) is 0.784. The van der Waals surface area contributed by atoms with Gasteiger partial charge in [0.25, 0.3) is 0 Å². The second-order valence-corrected chi connectivity index (χ2v) is 7.66. The predicted octanol–water partition coefficient (Wildman–Crippen LogP) is 4.05. The molecule has 1 aliphatic rings. The predicted molar refractivity (Wildman–Crippen MR) is 90.8 cm³/mol. The summed E-state index contributed by atoms with van der Waals surface area (Å²) in [6.07, 6.45) is 2.42. The van der Waals surface area contributed by atoms with E-state index in [2.05, 4.69) is 11.9 Å². The molecule has 3 nitrogen and oxygen atoms in total. The Morgan fingerprint density at radius 2 is 1.91 bits per heavy atom. The summed E-state index contributed by atoms with van der Waals surface area (Å²) in [5.74, 6) is 0.390. The summed E-state index contributed by atoms with van der Waals surface area (Å²) in [7, 11) is 3.65. The topological polar surface area (TPSA) is 29.5 Å². The number of benzene rings is 1. The molecule has 0 N–H and O–H groups in total. The van der Waals surface area contributed by atoms with Gasteiger partial charge in [-0.1, -0.05) is 20.8 Å². The SMILES string of the molecule is COc1cc(C(=O)CC2CCN(C)CC2)c(F)cc1C(C)(C)C. The van der Waals surface area contributed by atoms with Crippen LogP contribution in [0.25, 0.3) is 0 Å². The average molecular weight is 321 g/mol. The van der Waals surface area contributed by atoms with Gasteiger partial charge in [0.2, 0.25) is 0 Å². The van der Waals surface area contributed by atoms with E-state index in [9.17, 15) is 9.18 Å². The molecule has 2 rings (SSSR count). The first-order valence-corrected chi connectivity index (χ1v) is 8.32. The van der Waals surface area contributed by atoms with Crippen molar-refractivity contribution in [2.75, 3.05) is 27.2 Å². The lowest BCUT2D eigenvalue weighted by Crippen LogP contribution is -2.31. The smallest absolute Gasteiger partial charge is 0.166 e. The van der Waals surface area contributed by atoms with Gasteiger partial charge in [0.05, 0.1) is 12.7 Å². The van der Waals surface area contributed by atoms with Gasteiger partial charge in [0.15, 0.2) is 5.78 Å². The maximum atomic E-state index is 14.5. The summed E-state index contributed by atoms with van der Waals surface area (Å²) in [5.41, 5.74) is 0.712. The third-order valence-electron chi connectivity index (χ3n) is 4.71. The van der Waals surface area contributed by atoms with Crippen molar-refractivity contribution in [1.82, 2.24) is 4.90 Å². The number of carbonyl (C=O) groups is 1. The van der Waals surface area contributed by atoms with Crippen LogP contribution in [0.5, 0.6) is 5.75 Å². The summed E-state index contributed by atoms with van der Waals surface area (Å²) in [6, 6.07) is 3.04. The number of piperidine rings is 1. The van der Waals surface area contributed by atoms with Gasteiger partial charge in [-0.3, -0.25) is 4.79 Å². The van der Waals surface area contributed by atoms with Crippen molar-refractivity contribution in [2.45, 2.75) is 45.4 Å². The summed E-state index contributed by atoms with van der Waals surface area (Å²) >= 11 is 0. The van der Waals surface area contributed by atoms with Gasteiger partial charge in [-0.05, 0) is 56.4 Å². The molecule has 1 heterocycles. The highest BCUT2D eigenvalue weighted by Crippen LogP contribution is 2.34. The molecule has 23 heavy (non-hydrogen) atoms. The van der Waals surface area contributed by atoms with E-state index in [1.807, 2.05) is 20.8 Å². The third-order valence-corrected chi connectivity index (χ3v) is 4.71. The van der Waals surface area contributed by atoms with Gasteiger partial charge in [0, 0.05) is 12.0 Å². The molecule has 4 heteroatoms. The van der Waals surface area contributed by atoms with Crippen LogP contribution in [0.1, 0.15) is 56.0 Å². The zero-order valence-electron chi connectivity index (χ0n) is 14.9. The Hall–Kier alpha value is -1.42. The van der Waals surface area contributed by atoms with Crippen molar-refractivity contribution < 1.29 is 13.9 Å². The van der Waals surface area contributed by atoms with Crippen LogP contribution in [0.15, 0.2) is 12.1 Å². The van der Waals surface area contributed by atoms with Crippen LogP contribution in [0.3, 0.4) is 0 Å². The summed E-state index contributed by atoms with van der Waals surface area (Å²) in [4.78, 5) is 14.8. The minimum atomic E-state index is -0.436. The van der Waals surface area contributed by atoms with Crippen LogP contribution < -0.4 is 4.74 Å². The number of halogens is 1. The van der Waals surface area contributed by atoms with Crippen molar-refractivity contribution in [1.29, 1.82) is 0 Å². The maximum absolute atomic E-state index is 14.5. The van der Waals surface area contributed by atoms with E-state index >= 15 is 0 Å². The highest BCUT2D eigenvalue weighted by atomic mass is 19.1. The Kier molecular flexibility index (Phi) is 5.45. The van der Waals surface area contributed by atoms with Gasteiger partial charge in [-0.2, -0.15) is 0 Å². The number of ketones is 1. The van der Waals surface area contributed by atoms with Gasteiger partial charge >= 0.3 is 0 Å². The summed E-state index contributed by atoms with van der Waals surface area (Å²) < 4.78 is 19.9. The second kappa shape index (κ2) is 7.00. The molecule has 1 aromatic rings. The number of nitrogens with zero attached hydrogens (tertiary/aromatic N) is 1. The van der Waals surface area contributed by atoms with Crippen molar-refractivity contribution >= 4 is 5.78 Å². The average Bonchev–Trinajstić information content (AvgIpc) is 2.48. The Labute approximate surface area is 138 Å². The van der Waals surface area contributed by atoms with E-state index in [4.69, 9.17) is 4.74 Å². The number of rotatable bonds is 4.